The maximum Gasteiger partial charge on any atom is 0.255 e. The number of aromatic nitrogens is 2. The largest absolute Gasteiger partial charge is 0.496 e. The van der Waals surface area contributed by atoms with Crippen molar-refractivity contribution in [3.05, 3.63) is 58.9 Å². The first-order valence-electron chi connectivity index (χ1n) is 10.0. The van der Waals surface area contributed by atoms with Crippen molar-refractivity contribution in [3.8, 4) is 5.75 Å². The highest BCUT2D eigenvalue weighted by Gasteiger charge is 2.22. The molecular weight excluding hydrogens is 364 g/mol. The summed E-state index contributed by atoms with van der Waals surface area (Å²) in [4.78, 5) is 24.6. The molecule has 2 aromatic heterocycles. The van der Waals surface area contributed by atoms with Crippen LogP contribution in [0.15, 0.2) is 36.5 Å². The lowest BCUT2D eigenvalue weighted by Gasteiger charge is -2.20. The first-order chi connectivity index (χ1) is 14.1. The Labute approximate surface area is 170 Å². The quantitative estimate of drug-likeness (QED) is 0.718. The zero-order chi connectivity index (χ0) is 20.4. The van der Waals surface area contributed by atoms with E-state index in [2.05, 4.69) is 15.2 Å². The third-order valence-corrected chi connectivity index (χ3v) is 5.52. The Morgan fingerprint density at radius 3 is 2.72 bits per heavy atom. The molecule has 1 saturated heterocycles. The SMILES string of the molecule is COc1c(C)cnc(CNC(=O)c2cc3ccccc3nc2N2CCCC2)c1C. The van der Waals surface area contributed by atoms with Gasteiger partial charge in [-0.15, -0.1) is 0 Å². The van der Waals surface area contributed by atoms with E-state index in [1.54, 1.807) is 13.3 Å². The number of fused-ring (bicyclic) bond motifs is 1. The van der Waals surface area contributed by atoms with Crippen LogP contribution in [0.25, 0.3) is 10.9 Å². The summed E-state index contributed by atoms with van der Waals surface area (Å²) in [5.74, 6) is 1.45. The molecule has 0 radical (unpaired) electrons. The molecule has 0 spiro atoms. The standard InChI is InChI=1S/C23H26N4O2/c1-15-13-24-20(16(2)21(15)29-3)14-25-23(28)18-12-17-8-4-5-9-19(17)26-22(18)27-10-6-7-11-27/h4-5,8-9,12-13H,6-7,10-11,14H2,1-3H3,(H,25,28). The molecular formula is C23H26N4O2. The number of carbonyl (C=O) groups is 1. The van der Waals surface area contributed by atoms with Gasteiger partial charge >= 0.3 is 0 Å². The molecule has 4 rings (SSSR count). The van der Waals surface area contributed by atoms with Crippen LogP contribution in [0.4, 0.5) is 5.82 Å². The summed E-state index contributed by atoms with van der Waals surface area (Å²) in [6, 6.07) is 9.86. The lowest BCUT2D eigenvalue weighted by atomic mass is 10.1. The van der Waals surface area contributed by atoms with Gasteiger partial charge in [-0.25, -0.2) is 4.98 Å². The number of pyridine rings is 2. The smallest absolute Gasteiger partial charge is 0.255 e. The molecule has 0 aliphatic carbocycles. The molecule has 29 heavy (non-hydrogen) atoms. The Morgan fingerprint density at radius 2 is 1.97 bits per heavy atom. The number of rotatable bonds is 5. The molecule has 6 heteroatoms. The van der Waals surface area contributed by atoms with Crippen molar-refractivity contribution < 1.29 is 9.53 Å². The first kappa shape index (κ1) is 19.2. The first-order valence-corrected chi connectivity index (χ1v) is 10.0. The minimum atomic E-state index is -0.133. The van der Waals surface area contributed by atoms with Crippen molar-refractivity contribution in [1.82, 2.24) is 15.3 Å². The summed E-state index contributed by atoms with van der Waals surface area (Å²) in [6.07, 6.45) is 4.03. The Hall–Kier alpha value is -3.15. The zero-order valence-electron chi connectivity index (χ0n) is 17.2. The van der Waals surface area contributed by atoms with E-state index >= 15 is 0 Å². The van der Waals surface area contributed by atoms with Crippen molar-refractivity contribution >= 4 is 22.6 Å². The number of hydrogen-bond acceptors (Lipinski definition) is 5. The minimum absolute atomic E-state index is 0.133. The van der Waals surface area contributed by atoms with Gasteiger partial charge < -0.3 is 15.0 Å². The van der Waals surface area contributed by atoms with Gasteiger partial charge in [0.15, 0.2) is 0 Å². The zero-order valence-corrected chi connectivity index (χ0v) is 17.2. The Bertz CT molecular complexity index is 1060. The minimum Gasteiger partial charge on any atom is -0.496 e. The third kappa shape index (κ3) is 3.75. The molecule has 0 saturated carbocycles. The van der Waals surface area contributed by atoms with Crippen LogP contribution < -0.4 is 15.0 Å². The number of carbonyl (C=O) groups excluding carboxylic acids is 1. The number of aryl methyl sites for hydroxylation is 1. The number of anilines is 1. The van der Waals surface area contributed by atoms with Crippen molar-refractivity contribution in [2.45, 2.75) is 33.2 Å². The second kappa shape index (κ2) is 8.07. The van der Waals surface area contributed by atoms with Crippen LogP contribution in [0, 0.1) is 13.8 Å². The van der Waals surface area contributed by atoms with Crippen LogP contribution in [0.3, 0.4) is 0 Å². The summed E-state index contributed by atoms with van der Waals surface area (Å²) in [5.41, 5.74) is 4.26. The van der Waals surface area contributed by atoms with Gasteiger partial charge in [-0.2, -0.15) is 0 Å². The van der Waals surface area contributed by atoms with E-state index < -0.39 is 0 Å². The van der Waals surface area contributed by atoms with Crippen LogP contribution in [-0.2, 0) is 6.54 Å². The van der Waals surface area contributed by atoms with Gasteiger partial charge in [-0.3, -0.25) is 9.78 Å². The Kier molecular flexibility index (Phi) is 5.34. The van der Waals surface area contributed by atoms with Crippen LogP contribution in [-0.4, -0.2) is 36.1 Å². The summed E-state index contributed by atoms with van der Waals surface area (Å²) in [5, 5.41) is 4.00. The summed E-state index contributed by atoms with van der Waals surface area (Å²) >= 11 is 0. The molecule has 3 aromatic rings. The molecule has 1 aromatic carbocycles. The van der Waals surface area contributed by atoms with Gasteiger partial charge in [0.05, 0.1) is 30.4 Å². The number of hydrogen-bond donors (Lipinski definition) is 1. The van der Waals surface area contributed by atoms with E-state index in [1.807, 2.05) is 44.2 Å². The van der Waals surface area contributed by atoms with E-state index in [0.29, 0.717) is 12.1 Å². The molecule has 1 aliphatic heterocycles. The fourth-order valence-corrected chi connectivity index (χ4v) is 3.95. The van der Waals surface area contributed by atoms with Crippen molar-refractivity contribution in [1.29, 1.82) is 0 Å². The average Bonchev–Trinajstić information content (AvgIpc) is 3.27. The third-order valence-electron chi connectivity index (χ3n) is 5.52. The lowest BCUT2D eigenvalue weighted by molar-refractivity contribution is 0.0950. The highest BCUT2D eigenvalue weighted by molar-refractivity contribution is 6.02. The molecule has 1 N–H and O–H groups in total. The van der Waals surface area contributed by atoms with Gasteiger partial charge in [-0.1, -0.05) is 18.2 Å². The summed E-state index contributed by atoms with van der Waals surface area (Å²) in [6.45, 7) is 6.13. The highest BCUT2D eigenvalue weighted by Crippen LogP contribution is 2.27. The predicted octanol–water partition coefficient (Wildman–Crippen LogP) is 3.79. The van der Waals surface area contributed by atoms with Gasteiger partial charge in [0, 0.05) is 35.8 Å². The number of nitrogens with zero attached hydrogens (tertiary/aromatic N) is 3. The van der Waals surface area contributed by atoms with Crippen LogP contribution in [0.5, 0.6) is 5.75 Å². The number of nitrogens with one attached hydrogen (secondary N) is 1. The highest BCUT2D eigenvalue weighted by atomic mass is 16.5. The number of para-hydroxylation sites is 1. The Morgan fingerprint density at radius 1 is 1.21 bits per heavy atom. The predicted molar refractivity (Wildman–Crippen MR) is 115 cm³/mol. The Balaban J connectivity index is 1.63. The number of methoxy groups -OCH3 is 1. The fraction of sp³-hybridized carbons (Fsp3) is 0.348. The fourth-order valence-electron chi connectivity index (χ4n) is 3.95. The van der Waals surface area contributed by atoms with Crippen LogP contribution in [0.1, 0.15) is 40.0 Å². The van der Waals surface area contributed by atoms with Gasteiger partial charge in [0.25, 0.3) is 5.91 Å². The number of benzene rings is 1. The number of ether oxygens (including phenoxy) is 1. The topological polar surface area (TPSA) is 67.3 Å². The lowest BCUT2D eigenvalue weighted by Crippen LogP contribution is -2.28. The monoisotopic (exact) mass is 390 g/mol. The normalized spacial score (nSPS) is 13.7. The van der Waals surface area contributed by atoms with Gasteiger partial charge in [0.2, 0.25) is 0 Å². The van der Waals surface area contributed by atoms with E-state index in [9.17, 15) is 4.79 Å². The second-order valence-electron chi connectivity index (χ2n) is 7.48. The van der Waals surface area contributed by atoms with Crippen molar-refractivity contribution in [3.63, 3.8) is 0 Å². The molecule has 0 bridgehead atoms. The average molecular weight is 390 g/mol. The molecule has 150 valence electrons. The van der Waals surface area contributed by atoms with Gasteiger partial charge in [-0.05, 0) is 38.8 Å². The molecule has 3 heterocycles. The van der Waals surface area contributed by atoms with Gasteiger partial charge in [0.1, 0.15) is 11.6 Å². The molecule has 1 amide bonds. The van der Waals surface area contributed by atoms with Crippen molar-refractivity contribution in [2.24, 2.45) is 0 Å². The van der Waals surface area contributed by atoms with E-state index in [4.69, 9.17) is 9.72 Å². The number of amides is 1. The maximum atomic E-state index is 13.1. The molecule has 6 nitrogen and oxygen atoms in total. The van der Waals surface area contributed by atoms with Crippen LogP contribution in [0.2, 0.25) is 0 Å². The molecule has 1 aliphatic rings. The summed E-state index contributed by atoms with van der Waals surface area (Å²) < 4.78 is 5.47. The molecule has 1 fully saturated rings. The van der Waals surface area contributed by atoms with E-state index in [0.717, 1.165) is 65.2 Å². The molecule has 0 unspecified atom stereocenters. The summed E-state index contributed by atoms with van der Waals surface area (Å²) in [7, 11) is 1.65. The molecule has 0 atom stereocenters. The van der Waals surface area contributed by atoms with E-state index in [-0.39, 0.29) is 5.91 Å². The maximum absolute atomic E-state index is 13.1. The van der Waals surface area contributed by atoms with Crippen LogP contribution >= 0.6 is 0 Å². The second-order valence-corrected chi connectivity index (χ2v) is 7.48. The van der Waals surface area contributed by atoms with Crippen molar-refractivity contribution in [2.75, 3.05) is 25.1 Å². The van der Waals surface area contributed by atoms with E-state index in [1.165, 1.54) is 0 Å².